The van der Waals surface area contributed by atoms with Crippen LogP contribution < -0.4 is 4.90 Å². The molecule has 6 heteroatoms. The monoisotopic (exact) mass is 298 g/mol. The number of hydrogen-bond donors (Lipinski definition) is 1. The molecule has 1 aliphatic carbocycles. The van der Waals surface area contributed by atoms with E-state index in [2.05, 4.69) is 0 Å². The SMILES string of the molecule is Cc1cc([N+](=O)[O-])cc(Cl)c1N(C)CC1CCCC1O. The summed E-state index contributed by atoms with van der Waals surface area (Å²) in [5.74, 6) is 0.241. The Labute approximate surface area is 123 Å². The Bertz CT molecular complexity index is 498. The standard InChI is InChI=1S/C14H19ClN2O3/c1-9-6-11(17(19)20)7-12(15)14(9)16(2)8-10-4-3-5-13(10)18/h6-7,10,13,18H,3-5,8H2,1-2H3. The molecule has 0 aromatic heterocycles. The number of nitro groups is 1. The highest BCUT2D eigenvalue weighted by Crippen LogP contribution is 2.35. The quantitative estimate of drug-likeness (QED) is 0.685. The molecule has 0 spiro atoms. The number of halogens is 1. The minimum atomic E-state index is -0.441. The smallest absolute Gasteiger partial charge is 0.271 e. The number of aliphatic hydroxyl groups excluding tert-OH is 1. The van der Waals surface area contributed by atoms with Crippen LogP contribution in [0.1, 0.15) is 24.8 Å². The van der Waals surface area contributed by atoms with Crippen molar-refractivity contribution < 1.29 is 10.0 Å². The van der Waals surface area contributed by atoms with Gasteiger partial charge in [0.15, 0.2) is 0 Å². The summed E-state index contributed by atoms with van der Waals surface area (Å²) in [4.78, 5) is 12.4. The van der Waals surface area contributed by atoms with Crippen LogP contribution in [0.5, 0.6) is 0 Å². The number of benzene rings is 1. The number of rotatable bonds is 4. The minimum Gasteiger partial charge on any atom is -0.393 e. The first-order chi connectivity index (χ1) is 9.40. The first-order valence-electron chi connectivity index (χ1n) is 6.74. The molecule has 2 atom stereocenters. The summed E-state index contributed by atoms with van der Waals surface area (Å²) in [6, 6.07) is 2.91. The lowest BCUT2D eigenvalue weighted by atomic mass is 10.0. The van der Waals surface area contributed by atoms with E-state index < -0.39 is 4.92 Å². The summed E-state index contributed by atoms with van der Waals surface area (Å²) in [5.41, 5.74) is 1.58. The van der Waals surface area contributed by atoms with Crippen LogP contribution in [0.3, 0.4) is 0 Å². The third-order valence-electron chi connectivity index (χ3n) is 3.96. The molecule has 1 aliphatic rings. The van der Waals surface area contributed by atoms with Crippen molar-refractivity contribution in [2.24, 2.45) is 5.92 Å². The van der Waals surface area contributed by atoms with E-state index in [-0.39, 0.29) is 17.7 Å². The van der Waals surface area contributed by atoms with Crippen molar-refractivity contribution in [3.63, 3.8) is 0 Å². The van der Waals surface area contributed by atoms with Crippen molar-refractivity contribution in [3.05, 3.63) is 32.8 Å². The maximum atomic E-state index is 10.8. The lowest BCUT2D eigenvalue weighted by Gasteiger charge is -2.27. The van der Waals surface area contributed by atoms with Crippen LogP contribution in [0.25, 0.3) is 0 Å². The van der Waals surface area contributed by atoms with Gasteiger partial charge in [-0.1, -0.05) is 18.0 Å². The predicted octanol–water partition coefficient (Wildman–Crippen LogP) is 3.15. The molecule has 1 saturated carbocycles. The fourth-order valence-corrected chi connectivity index (χ4v) is 3.39. The average Bonchev–Trinajstić information content (AvgIpc) is 2.74. The van der Waals surface area contributed by atoms with E-state index in [0.717, 1.165) is 30.5 Å². The van der Waals surface area contributed by atoms with Gasteiger partial charge in [0, 0.05) is 31.6 Å². The molecule has 0 radical (unpaired) electrons. The number of anilines is 1. The highest BCUT2D eigenvalue weighted by atomic mass is 35.5. The van der Waals surface area contributed by atoms with Gasteiger partial charge in [-0.25, -0.2) is 0 Å². The van der Waals surface area contributed by atoms with E-state index >= 15 is 0 Å². The van der Waals surface area contributed by atoms with Crippen molar-refractivity contribution in [2.75, 3.05) is 18.5 Å². The Morgan fingerprint density at radius 1 is 1.50 bits per heavy atom. The molecule has 0 heterocycles. The molecule has 2 rings (SSSR count). The van der Waals surface area contributed by atoms with Gasteiger partial charge in [0.25, 0.3) is 5.69 Å². The number of non-ortho nitro benzene ring substituents is 1. The molecule has 1 aromatic rings. The lowest BCUT2D eigenvalue weighted by Crippen LogP contribution is -2.30. The Balaban J connectivity index is 2.21. The summed E-state index contributed by atoms with van der Waals surface area (Å²) in [6.07, 6.45) is 2.65. The van der Waals surface area contributed by atoms with E-state index in [1.165, 1.54) is 12.1 Å². The van der Waals surface area contributed by atoms with Crippen molar-refractivity contribution in [1.82, 2.24) is 0 Å². The van der Waals surface area contributed by atoms with Gasteiger partial charge in [-0.15, -0.1) is 0 Å². The van der Waals surface area contributed by atoms with Gasteiger partial charge in [-0.05, 0) is 25.3 Å². The van der Waals surface area contributed by atoms with Crippen LogP contribution in [0, 0.1) is 23.0 Å². The Morgan fingerprint density at radius 2 is 2.20 bits per heavy atom. The van der Waals surface area contributed by atoms with E-state index in [1.54, 1.807) is 0 Å². The van der Waals surface area contributed by atoms with Crippen LogP contribution in [-0.2, 0) is 0 Å². The number of aryl methyl sites for hydroxylation is 1. The van der Waals surface area contributed by atoms with Gasteiger partial charge >= 0.3 is 0 Å². The van der Waals surface area contributed by atoms with Crippen molar-refractivity contribution in [3.8, 4) is 0 Å². The molecule has 1 fully saturated rings. The van der Waals surface area contributed by atoms with E-state index in [0.29, 0.717) is 11.6 Å². The Kier molecular flexibility index (Phi) is 4.50. The molecule has 0 aliphatic heterocycles. The van der Waals surface area contributed by atoms with Crippen molar-refractivity contribution >= 4 is 23.0 Å². The van der Waals surface area contributed by atoms with Crippen LogP contribution in [-0.4, -0.2) is 29.7 Å². The van der Waals surface area contributed by atoms with Crippen LogP contribution in [0.4, 0.5) is 11.4 Å². The summed E-state index contributed by atoms with van der Waals surface area (Å²) in [7, 11) is 1.91. The van der Waals surface area contributed by atoms with Gasteiger partial charge in [-0.2, -0.15) is 0 Å². The van der Waals surface area contributed by atoms with Crippen LogP contribution in [0.15, 0.2) is 12.1 Å². The zero-order valence-electron chi connectivity index (χ0n) is 11.7. The third-order valence-corrected chi connectivity index (χ3v) is 4.25. The second kappa shape index (κ2) is 5.97. The van der Waals surface area contributed by atoms with Gasteiger partial charge in [-0.3, -0.25) is 10.1 Å². The van der Waals surface area contributed by atoms with Crippen molar-refractivity contribution in [1.29, 1.82) is 0 Å². The van der Waals surface area contributed by atoms with Gasteiger partial charge in [0.1, 0.15) is 0 Å². The maximum absolute atomic E-state index is 10.8. The highest BCUT2D eigenvalue weighted by molar-refractivity contribution is 6.33. The average molecular weight is 299 g/mol. The second-order valence-electron chi connectivity index (χ2n) is 5.49. The number of nitro benzene ring substituents is 1. The first kappa shape index (κ1) is 15.1. The molecule has 1 N–H and O–H groups in total. The third kappa shape index (κ3) is 3.04. The minimum absolute atomic E-state index is 0.00514. The lowest BCUT2D eigenvalue weighted by molar-refractivity contribution is -0.384. The zero-order chi connectivity index (χ0) is 14.9. The summed E-state index contributed by atoms with van der Waals surface area (Å²) >= 11 is 6.19. The maximum Gasteiger partial charge on any atom is 0.271 e. The molecule has 1 aromatic carbocycles. The van der Waals surface area contributed by atoms with Crippen LogP contribution in [0.2, 0.25) is 5.02 Å². The normalized spacial score (nSPS) is 22.0. The van der Waals surface area contributed by atoms with E-state index in [9.17, 15) is 15.2 Å². The first-order valence-corrected chi connectivity index (χ1v) is 7.11. The predicted molar refractivity (Wildman–Crippen MR) is 79.5 cm³/mol. The molecular weight excluding hydrogens is 280 g/mol. The topological polar surface area (TPSA) is 66.6 Å². The van der Waals surface area contributed by atoms with E-state index in [1.807, 2.05) is 18.9 Å². The summed E-state index contributed by atoms with van der Waals surface area (Å²) < 4.78 is 0. The fourth-order valence-electron chi connectivity index (χ4n) is 2.98. The second-order valence-corrected chi connectivity index (χ2v) is 5.90. The van der Waals surface area contributed by atoms with Crippen molar-refractivity contribution in [2.45, 2.75) is 32.3 Å². The molecule has 0 saturated heterocycles. The molecule has 0 amide bonds. The van der Waals surface area contributed by atoms with Gasteiger partial charge in [0.2, 0.25) is 0 Å². The molecule has 2 unspecified atom stereocenters. The summed E-state index contributed by atoms with van der Waals surface area (Å²) in [5, 5.41) is 21.1. The highest BCUT2D eigenvalue weighted by Gasteiger charge is 2.27. The molecule has 110 valence electrons. The zero-order valence-corrected chi connectivity index (χ0v) is 12.4. The van der Waals surface area contributed by atoms with E-state index in [4.69, 9.17) is 11.6 Å². The van der Waals surface area contributed by atoms with Gasteiger partial charge in [0.05, 0.1) is 21.7 Å². The largest absolute Gasteiger partial charge is 0.393 e. The Morgan fingerprint density at radius 3 is 2.70 bits per heavy atom. The molecule has 0 bridgehead atoms. The molecule has 5 nitrogen and oxygen atoms in total. The number of nitrogens with zero attached hydrogens (tertiary/aromatic N) is 2. The molecule has 20 heavy (non-hydrogen) atoms. The fraction of sp³-hybridized carbons (Fsp3) is 0.571. The number of hydrogen-bond acceptors (Lipinski definition) is 4. The van der Waals surface area contributed by atoms with Crippen LogP contribution >= 0.6 is 11.6 Å². The molecular formula is C14H19ClN2O3. The number of aliphatic hydroxyl groups is 1. The Hall–Kier alpha value is -1.33. The van der Waals surface area contributed by atoms with Gasteiger partial charge < -0.3 is 10.0 Å². The summed E-state index contributed by atoms with van der Waals surface area (Å²) in [6.45, 7) is 2.52.